The van der Waals surface area contributed by atoms with Gasteiger partial charge in [0.25, 0.3) is 5.88 Å². The number of likely N-dealkylation sites (tertiary alicyclic amines) is 1. The van der Waals surface area contributed by atoms with E-state index in [1.165, 1.54) is 23.1 Å². The molecule has 0 unspecified atom stereocenters. The Balaban J connectivity index is 1.22. The van der Waals surface area contributed by atoms with Gasteiger partial charge in [-0.2, -0.15) is 4.39 Å². The van der Waals surface area contributed by atoms with E-state index in [-0.39, 0.29) is 40.8 Å². The fourth-order valence-electron chi connectivity index (χ4n) is 5.34. The van der Waals surface area contributed by atoms with Crippen LogP contribution < -0.4 is 14.8 Å². The summed E-state index contributed by atoms with van der Waals surface area (Å²) < 4.78 is 55.1. The lowest BCUT2D eigenvalue weighted by molar-refractivity contribution is -0.120. The zero-order valence-corrected chi connectivity index (χ0v) is 28.1. The van der Waals surface area contributed by atoms with E-state index < -0.39 is 17.8 Å². The zero-order chi connectivity index (χ0) is 35.1. The maximum Gasteiger partial charge on any atom is 0.274 e. The van der Waals surface area contributed by atoms with Crippen molar-refractivity contribution in [3.8, 4) is 17.4 Å². The van der Waals surface area contributed by atoms with E-state index in [2.05, 4.69) is 20.4 Å². The monoisotopic (exact) mass is 678 g/mol. The van der Waals surface area contributed by atoms with Crippen molar-refractivity contribution in [2.24, 2.45) is 5.41 Å². The molecule has 2 aromatic heterocycles. The molecular weight excluding hydrogens is 637 g/mol. The minimum absolute atomic E-state index is 0.000654. The molecule has 0 spiro atoms. The molecule has 1 aliphatic rings. The fraction of sp³-hybridized carbons (Fsp3) is 0.417. The maximum absolute atomic E-state index is 15.3. The van der Waals surface area contributed by atoms with Crippen LogP contribution in [0.25, 0.3) is 10.9 Å². The molecular formula is C36H41F3N6O4. The van der Waals surface area contributed by atoms with Crippen LogP contribution in [0.4, 0.5) is 24.7 Å². The first-order chi connectivity index (χ1) is 23.4. The number of ketones is 2. The summed E-state index contributed by atoms with van der Waals surface area (Å²) in [5.41, 5.74) is 1.50. The van der Waals surface area contributed by atoms with Crippen molar-refractivity contribution < 1.29 is 32.2 Å². The molecule has 1 aliphatic heterocycles. The molecule has 5 rings (SSSR count). The third-order valence-corrected chi connectivity index (χ3v) is 8.07. The van der Waals surface area contributed by atoms with Gasteiger partial charge in [-0.15, -0.1) is 5.10 Å². The second-order valence-corrected chi connectivity index (χ2v) is 13.4. The Morgan fingerprint density at radius 2 is 1.88 bits per heavy atom. The molecule has 260 valence electrons. The lowest BCUT2D eigenvalue weighted by Crippen LogP contribution is -2.48. The van der Waals surface area contributed by atoms with Crippen molar-refractivity contribution in [1.82, 2.24) is 24.6 Å². The number of hydrogen-bond acceptors (Lipinski definition) is 9. The molecule has 0 atom stereocenters. The standard InChI is InChI=1S/C36H41F3N6O4/c1-36(2,3)13-12-26(47)20-45-21-30(39)35(43-45)49-27-10-11-31(29(38)16-27)42-34-28-15-23(33(48-4)17-32(28)40-22-41-34)7-5-8-25(46)9-6-14-44-18-24(37)19-44/h6,9-11,15-17,21-22,24H,5,7-8,12-14,18-20H2,1-4H3,(H,40,41,42)/b9-6+. The average molecular weight is 679 g/mol. The van der Waals surface area contributed by atoms with Gasteiger partial charge in [0.2, 0.25) is 5.82 Å². The Hall–Kier alpha value is -4.78. The normalized spacial score (nSPS) is 13.9. The second kappa shape index (κ2) is 15.6. The number of halogens is 3. The molecule has 0 radical (unpaired) electrons. The number of benzene rings is 2. The average Bonchev–Trinajstić information content (AvgIpc) is 3.37. The predicted molar refractivity (Wildman–Crippen MR) is 180 cm³/mol. The lowest BCUT2D eigenvalue weighted by Gasteiger charge is -2.33. The number of carbonyl (C=O) groups excluding carboxylic acids is 2. The Labute approximate surface area is 283 Å². The molecule has 0 amide bonds. The number of ether oxygens (including phenoxy) is 2. The summed E-state index contributed by atoms with van der Waals surface area (Å²) in [5, 5.41) is 7.65. The van der Waals surface area contributed by atoms with E-state index in [0.29, 0.717) is 74.2 Å². The minimum atomic E-state index is -0.774. The van der Waals surface area contributed by atoms with Crippen molar-refractivity contribution in [2.75, 3.05) is 32.1 Å². The number of aryl methyl sites for hydroxylation is 1. The van der Waals surface area contributed by atoms with Gasteiger partial charge >= 0.3 is 0 Å². The van der Waals surface area contributed by atoms with Crippen LogP contribution in [-0.4, -0.2) is 69.1 Å². The number of rotatable bonds is 16. The van der Waals surface area contributed by atoms with Gasteiger partial charge < -0.3 is 14.8 Å². The fourth-order valence-corrected chi connectivity index (χ4v) is 5.34. The third kappa shape index (κ3) is 9.88. The van der Waals surface area contributed by atoms with Crippen LogP contribution in [0.3, 0.4) is 0 Å². The molecule has 13 heteroatoms. The van der Waals surface area contributed by atoms with E-state index in [1.807, 2.05) is 31.7 Å². The SMILES string of the molecule is COc1cc2ncnc(Nc3ccc(Oc4nn(CC(=O)CCC(C)(C)C)cc4F)cc3F)c2cc1CCCC(=O)/C=C/CN1CC(F)C1. The molecule has 1 saturated heterocycles. The zero-order valence-electron chi connectivity index (χ0n) is 28.1. The first kappa shape index (κ1) is 35.5. The summed E-state index contributed by atoms with van der Waals surface area (Å²) >= 11 is 0. The molecule has 4 aromatic rings. The smallest absolute Gasteiger partial charge is 0.274 e. The first-order valence-corrected chi connectivity index (χ1v) is 16.2. The highest BCUT2D eigenvalue weighted by Crippen LogP contribution is 2.33. The van der Waals surface area contributed by atoms with E-state index in [4.69, 9.17) is 9.47 Å². The quantitative estimate of drug-likeness (QED) is 0.124. The molecule has 49 heavy (non-hydrogen) atoms. The first-order valence-electron chi connectivity index (χ1n) is 16.2. The Kier molecular flexibility index (Phi) is 11.3. The molecule has 1 fully saturated rings. The summed E-state index contributed by atoms with van der Waals surface area (Å²) in [7, 11) is 1.56. The van der Waals surface area contributed by atoms with Crippen LogP contribution in [0.15, 0.2) is 55.0 Å². The number of allylic oxidation sites excluding steroid dienone is 1. The Bertz CT molecular complexity index is 1830. The number of alkyl halides is 1. The topological polar surface area (TPSA) is 111 Å². The second-order valence-electron chi connectivity index (χ2n) is 13.4. The van der Waals surface area contributed by atoms with Crippen LogP contribution in [-0.2, 0) is 22.6 Å². The van der Waals surface area contributed by atoms with Gasteiger partial charge in [0.05, 0.1) is 31.1 Å². The van der Waals surface area contributed by atoms with Gasteiger partial charge in [-0.3, -0.25) is 19.2 Å². The largest absolute Gasteiger partial charge is 0.496 e. The Morgan fingerprint density at radius 1 is 1.08 bits per heavy atom. The summed E-state index contributed by atoms with van der Waals surface area (Å²) in [5.74, 6) is -0.937. The van der Waals surface area contributed by atoms with Gasteiger partial charge in [0.15, 0.2) is 11.6 Å². The molecule has 0 bridgehead atoms. The van der Waals surface area contributed by atoms with Crippen molar-refractivity contribution in [2.45, 2.75) is 65.6 Å². The number of Topliss-reactive ketones (excluding diaryl/α,β-unsaturated/α-hetero) is 1. The van der Waals surface area contributed by atoms with E-state index in [1.54, 1.807) is 25.3 Å². The minimum Gasteiger partial charge on any atom is -0.496 e. The van der Waals surface area contributed by atoms with Crippen LogP contribution in [0, 0.1) is 17.0 Å². The van der Waals surface area contributed by atoms with Gasteiger partial charge in [-0.25, -0.2) is 18.7 Å². The van der Waals surface area contributed by atoms with Crippen molar-refractivity contribution >= 4 is 34.0 Å². The number of hydrogen-bond donors (Lipinski definition) is 1. The van der Waals surface area contributed by atoms with E-state index in [0.717, 1.165) is 17.8 Å². The number of anilines is 2. The molecule has 10 nitrogen and oxygen atoms in total. The third-order valence-electron chi connectivity index (χ3n) is 8.07. The molecule has 3 heterocycles. The highest BCUT2D eigenvalue weighted by atomic mass is 19.1. The number of methoxy groups -OCH3 is 1. The number of nitrogens with one attached hydrogen (secondary N) is 1. The number of carbonyl (C=O) groups is 2. The van der Waals surface area contributed by atoms with Gasteiger partial charge in [0.1, 0.15) is 35.6 Å². The molecule has 0 aliphatic carbocycles. The van der Waals surface area contributed by atoms with Crippen molar-refractivity contribution in [3.05, 3.63) is 72.2 Å². The summed E-state index contributed by atoms with van der Waals surface area (Å²) in [4.78, 5) is 35.3. The van der Waals surface area contributed by atoms with Gasteiger partial charge in [-0.1, -0.05) is 26.8 Å². The predicted octanol–water partition coefficient (Wildman–Crippen LogP) is 7.15. The van der Waals surface area contributed by atoms with Gasteiger partial charge in [0, 0.05) is 50.0 Å². The van der Waals surface area contributed by atoms with Gasteiger partial charge in [-0.05, 0) is 54.5 Å². The maximum atomic E-state index is 15.3. The summed E-state index contributed by atoms with van der Waals surface area (Å²) in [6.45, 7) is 7.40. The highest BCUT2D eigenvalue weighted by Gasteiger charge is 2.24. The number of aromatic nitrogens is 4. The van der Waals surface area contributed by atoms with Crippen LogP contribution in [0.1, 0.15) is 52.0 Å². The van der Waals surface area contributed by atoms with Crippen molar-refractivity contribution in [3.63, 3.8) is 0 Å². The molecule has 0 saturated carbocycles. The van der Waals surface area contributed by atoms with Crippen molar-refractivity contribution in [1.29, 1.82) is 0 Å². The molecule has 2 aromatic carbocycles. The van der Waals surface area contributed by atoms with E-state index in [9.17, 15) is 18.4 Å². The number of fused-ring (bicyclic) bond motifs is 1. The van der Waals surface area contributed by atoms with Crippen LogP contribution >= 0.6 is 0 Å². The highest BCUT2D eigenvalue weighted by molar-refractivity contribution is 5.92. The molecule has 1 N–H and O–H groups in total. The number of nitrogens with zero attached hydrogens (tertiary/aromatic N) is 5. The van der Waals surface area contributed by atoms with E-state index >= 15 is 4.39 Å². The Morgan fingerprint density at radius 3 is 2.59 bits per heavy atom. The van der Waals surface area contributed by atoms with Crippen LogP contribution in [0.5, 0.6) is 17.4 Å². The van der Waals surface area contributed by atoms with Crippen LogP contribution in [0.2, 0.25) is 0 Å². The summed E-state index contributed by atoms with van der Waals surface area (Å²) in [6, 6.07) is 7.62. The lowest BCUT2D eigenvalue weighted by atomic mass is 9.89. The summed E-state index contributed by atoms with van der Waals surface area (Å²) in [6.07, 6.45) is 7.46.